The number of hydrogen-bond acceptors (Lipinski definition) is 3. The van der Waals surface area contributed by atoms with Crippen molar-refractivity contribution in [3.63, 3.8) is 0 Å². The molecule has 0 aromatic carbocycles. The summed E-state index contributed by atoms with van der Waals surface area (Å²) in [6.07, 6.45) is 5.18. The van der Waals surface area contributed by atoms with Gasteiger partial charge in [0.1, 0.15) is 0 Å². The van der Waals surface area contributed by atoms with Gasteiger partial charge in [-0.05, 0) is 45.7 Å². The summed E-state index contributed by atoms with van der Waals surface area (Å²) in [5.41, 5.74) is 4.89. The summed E-state index contributed by atoms with van der Waals surface area (Å²) < 4.78 is 0. The number of rotatable bonds is 6. The Bertz CT molecular complexity index is 287. The number of nitrogens with two attached hydrogens (primary N) is 1. The Labute approximate surface area is 111 Å². The quantitative estimate of drug-likeness (QED) is 0.386. The Morgan fingerprint density at radius 3 is 2.67 bits per heavy atom. The molecule has 4 heteroatoms. The molecule has 0 aliphatic carbocycles. The number of piperidine rings is 1. The molecule has 0 saturated carbocycles. The highest BCUT2D eigenvalue weighted by Crippen LogP contribution is 2.24. The second-order valence-corrected chi connectivity index (χ2v) is 6.63. The lowest BCUT2D eigenvalue weighted by Gasteiger charge is -2.37. The lowest BCUT2D eigenvalue weighted by atomic mass is 9.86. The number of aliphatic hydroxyl groups is 1. The number of nitrogens with one attached hydrogen (secondary N) is 1. The molecule has 1 rings (SSSR count). The minimum atomic E-state index is -0.503. The average molecular weight is 255 g/mol. The zero-order valence-corrected chi connectivity index (χ0v) is 12.1. The lowest BCUT2D eigenvalue weighted by molar-refractivity contribution is -0.0159. The summed E-state index contributed by atoms with van der Waals surface area (Å²) in [6, 6.07) is 0. The van der Waals surface area contributed by atoms with Gasteiger partial charge in [0.15, 0.2) is 0 Å². The van der Waals surface area contributed by atoms with Crippen molar-refractivity contribution in [2.45, 2.75) is 58.5 Å². The molecule has 0 aromatic rings. The van der Waals surface area contributed by atoms with Gasteiger partial charge in [-0.1, -0.05) is 20.3 Å². The Morgan fingerprint density at radius 1 is 1.44 bits per heavy atom. The molecule has 1 atom stereocenters. The first-order valence-electron chi connectivity index (χ1n) is 7.02. The molecule has 1 fully saturated rings. The van der Waals surface area contributed by atoms with Crippen molar-refractivity contribution < 1.29 is 5.11 Å². The van der Waals surface area contributed by atoms with Crippen LogP contribution in [0.2, 0.25) is 0 Å². The molecule has 18 heavy (non-hydrogen) atoms. The van der Waals surface area contributed by atoms with Crippen LogP contribution in [0.1, 0.15) is 52.9 Å². The second-order valence-electron chi connectivity index (χ2n) is 6.63. The molecule has 0 spiro atoms. The smallest absolute Gasteiger partial charge is 0.0963 e. The predicted octanol–water partition coefficient (Wildman–Crippen LogP) is 1.97. The maximum atomic E-state index is 10.0. The SMILES string of the molecule is CC1(O)CCCN(CCCCC(C)(C)C(=N)N)C1. The molecule has 106 valence electrons. The maximum absolute atomic E-state index is 10.0. The zero-order valence-electron chi connectivity index (χ0n) is 12.1. The first-order chi connectivity index (χ1) is 8.23. The molecule has 1 aliphatic heterocycles. The van der Waals surface area contributed by atoms with Crippen LogP contribution >= 0.6 is 0 Å². The third-order valence-corrected chi connectivity index (χ3v) is 4.01. The Balaban J connectivity index is 2.20. The van der Waals surface area contributed by atoms with Crippen LogP contribution in [-0.2, 0) is 0 Å². The second kappa shape index (κ2) is 6.02. The molecule has 0 aromatic heterocycles. The standard InChI is InChI=1S/C14H29N3O/c1-13(2,12(15)16)7-4-5-9-17-10-6-8-14(3,18)11-17/h18H,4-11H2,1-3H3,(H3,15,16). The fourth-order valence-electron chi connectivity index (χ4n) is 2.55. The predicted molar refractivity (Wildman–Crippen MR) is 75.8 cm³/mol. The molecule has 1 aliphatic rings. The van der Waals surface area contributed by atoms with E-state index in [0.717, 1.165) is 51.7 Å². The first kappa shape index (κ1) is 15.4. The van der Waals surface area contributed by atoms with Crippen LogP contribution in [0.3, 0.4) is 0 Å². The number of unbranched alkanes of at least 4 members (excludes halogenated alkanes) is 1. The van der Waals surface area contributed by atoms with Crippen LogP contribution in [0.25, 0.3) is 0 Å². The first-order valence-corrected chi connectivity index (χ1v) is 7.02. The van der Waals surface area contributed by atoms with E-state index in [-0.39, 0.29) is 11.3 Å². The van der Waals surface area contributed by atoms with Gasteiger partial charge in [-0.25, -0.2) is 0 Å². The molecule has 0 bridgehead atoms. The molecule has 0 radical (unpaired) electrons. The van der Waals surface area contributed by atoms with Crippen LogP contribution < -0.4 is 5.73 Å². The van der Waals surface area contributed by atoms with Crippen LogP contribution in [-0.4, -0.2) is 41.1 Å². The maximum Gasteiger partial charge on any atom is 0.0963 e. The molecular formula is C14H29N3O. The zero-order chi connectivity index (χ0) is 13.8. The minimum absolute atomic E-state index is 0.173. The third-order valence-electron chi connectivity index (χ3n) is 4.01. The number of nitrogens with zero attached hydrogens (tertiary/aromatic N) is 1. The summed E-state index contributed by atoms with van der Waals surface area (Å²) >= 11 is 0. The molecule has 1 saturated heterocycles. The monoisotopic (exact) mass is 255 g/mol. The van der Waals surface area contributed by atoms with E-state index in [9.17, 15) is 5.11 Å². The topological polar surface area (TPSA) is 73.3 Å². The number of amidine groups is 1. The normalized spacial score (nSPS) is 26.2. The van der Waals surface area contributed by atoms with Crippen LogP contribution in [0, 0.1) is 10.8 Å². The van der Waals surface area contributed by atoms with Crippen molar-refractivity contribution >= 4 is 5.84 Å². The van der Waals surface area contributed by atoms with Crippen LogP contribution in [0.5, 0.6) is 0 Å². The Morgan fingerprint density at radius 2 is 2.11 bits per heavy atom. The Kier molecular flexibility index (Phi) is 5.17. The largest absolute Gasteiger partial charge is 0.389 e. The highest BCUT2D eigenvalue weighted by Gasteiger charge is 2.28. The third kappa shape index (κ3) is 4.94. The van der Waals surface area contributed by atoms with E-state index in [1.807, 2.05) is 20.8 Å². The fourth-order valence-corrected chi connectivity index (χ4v) is 2.55. The van der Waals surface area contributed by atoms with Gasteiger partial charge >= 0.3 is 0 Å². The van der Waals surface area contributed by atoms with Gasteiger partial charge < -0.3 is 15.7 Å². The van der Waals surface area contributed by atoms with Crippen molar-refractivity contribution in [1.29, 1.82) is 5.41 Å². The van der Waals surface area contributed by atoms with E-state index in [1.165, 1.54) is 0 Å². The van der Waals surface area contributed by atoms with Crippen molar-refractivity contribution in [1.82, 2.24) is 4.90 Å². The number of β-amino-alcohol motifs (C(OH)–C–C–N with tert-alkyl or cyclic N) is 1. The van der Waals surface area contributed by atoms with Gasteiger partial charge in [0, 0.05) is 12.0 Å². The van der Waals surface area contributed by atoms with Gasteiger partial charge in [0.05, 0.1) is 11.4 Å². The molecule has 1 heterocycles. The number of likely N-dealkylation sites (tertiary alicyclic amines) is 1. The van der Waals surface area contributed by atoms with Crippen LogP contribution in [0.15, 0.2) is 0 Å². The fraction of sp³-hybridized carbons (Fsp3) is 0.929. The van der Waals surface area contributed by atoms with E-state index in [4.69, 9.17) is 11.1 Å². The summed E-state index contributed by atoms with van der Waals surface area (Å²) in [5.74, 6) is 0.281. The number of hydrogen-bond donors (Lipinski definition) is 3. The minimum Gasteiger partial charge on any atom is -0.389 e. The summed E-state index contributed by atoms with van der Waals surface area (Å²) in [6.45, 7) is 8.93. The molecular weight excluding hydrogens is 226 g/mol. The van der Waals surface area contributed by atoms with Gasteiger partial charge in [-0.2, -0.15) is 0 Å². The van der Waals surface area contributed by atoms with Gasteiger partial charge in [0.2, 0.25) is 0 Å². The van der Waals surface area contributed by atoms with E-state index in [1.54, 1.807) is 0 Å². The van der Waals surface area contributed by atoms with Crippen molar-refractivity contribution in [2.24, 2.45) is 11.1 Å². The molecule has 1 unspecified atom stereocenters. The lowest BCUT2D eigenvalue weighted by Crippen LogP contribution is -2.46. The summed E-state index contributed by atoms with van der Waals surface area (Å²) in [7, 11) is 0. The summed E-state index contributed by atoms with van der Waals surface area (Å²) in [4.78, 5) is 2.35. The van der Waals surface area contributed by atoms with Gasteiger partial charge in [-0.15, -0.1) is 0 Å². The van der Waals surface area contributed by atoms with Gasteiger partial charge in [0.25, 0.3) is 0 Å². The molecule has 4 nitrogen and oxygen atoms in total. The van der Waals surface area contributed by atoms with E-state index >= 15 is 0 Å². The average Bonchev–Trinajstić information content (AvgIpc) is 2.23. The highest BCUT2D eigenvalue weighted by atomic mass is 16.3. The van der Waals surface area contributed by atoms with E-state index < -0.39 is 5.60 Å². The van der Waals surface area contributed by atoms with Crippen LogP contribution in [0.4, 0.5) is 0 Å². The molecule has 4 N–H and O–H groups in total. The summed E-state index contributed by atoms with van der Waals surface area (Å²) in [5, 5.41) is 17.5. The van der Waals surface area contributed by atoms with Gasteiger partial charge in [-0.3, -0.25) is 5.41 Å². The highest BCUT2D eigenvalue weighted by molar-refractivity contribution is 5.82. The Hall–Kier alpha value is -0.610. The van der Waals surface area contributed by atoms with E-state index in [0.29, 0.717) is 0 Å². The van der Waals surface area contributed by atoms with Crippen molar-refractivity contribution in [2.75, 3.05) is 19.6 Å². The van der Waals surface area contributed by atoms with Crippen molar-refractivity contribution in [3.8, 4) is 0 Å². The molecule has 0 amide bonds. The van der Waals surface area contributed by atoms with Crippen molar-refractivity contribution in [3.05, 3.63) is 0 Å². The van der Waals surface area contributed by atoms with E-state index in [2.05, 4.69) is 4.90 Å².